The highest BCUT2D eigenvalue weighted by Crippen LogP contribution is 2.21. The lowest BCUT2D eigenvalue weighted by Crippen LogP contribution is -2.31. The van der Waals surface area contributed by atoms with Gasteiger partial charge in [-0.05, 0) is 43.4 Å². The Morgan fingerprint density at radius 1 is 1.00 bits per heavy atom. The number of nitrogens with one attached hydrogen (secondary N) is 1. The monoisotopic (exact) mass is 394 g/mol. The van der Waals surface area contributed by atoms with E-state index in [1.165, 1.54) is 12.8 Å². The molecule has 0 bridgehead atoms. The molecule has 1 aromatic rings. The molecule has 0 unspecified atom stereocenters. The van der Waals surface area contributed by atoms with Crippen molar-refractivity contribution in [3.8, 4) is 0 Å². The van der Waals surface area contributed by atoms with E-state index in [0.717, 1.165) is 50.6 Å². The van der Waals surface area contributed by atoms with Crippen molar-refractivity contribution in [1.29, 1.82) is 0 Å². The summed E-state index contributed by atoms with van der Waals surface area (Å²) in [6, 6.07) is 7.02. The molecule has 1 N–H and O–H groups in total. The maximum atomic E-state index is 12.8. The van der Waals surface area contributed by atoms with Crippen LogP contribution in [0.4, 0.5) is 0 Å². The fourth-order valence-electron chi connectivity index (χ4n) is 3.39. The molecule has 0 aliphatic carbocycles. The third-order valence-corrected chi connectivity index (χ3v) is 7.03. The highest BCUT2D eigenvalue weighted by molar-refractivity contribution is 7.89. The number of sulfonamides is 1. The van der Waals surface area contributed by atoms with Crippen LogP contribution >= 0.6 is 0 Å². The van der Waals surface area contributed by atoms with Crippen LogP contribution < -0.4 is 5.32 Å². The van der Waals surface area contributed by atoms with E-state index in [4.69, 9.17) is 0 Å². The molecular formula is C21H34N2O3S. The summed E-state index contributed by atoms with van der Waals surface area (Å²) in [5.41, 5.74) is 0.992. The molecule has 6 heteroatoms. The number of hydrogen-bond acceptors (Lipinski definition) is 3. The van der Waals surface area contributed by atoms with Gasteiger partial charge in [0, 0.05) is 26.1 Å². The quantitative estimate of drug-likeness (QED) is 0.613. The molecule has 0 radical (unpaired) electrons. The normalized spacial score (nSPS) is 16.0. The van der Waals surface area contributed by atoms with Crippen LogP contribution in [-0.4, -0.2) is 38.3 Å². The molecule has 1 heterocycles. The fourth-order valence-corrected chi connectivity index (χ4v) is 4.90. The van der Waals surface area contributed by atoms with E-state index in [9.17, 15) is 13.2 Å². The van der Waals surface area contributed by atoms with Crippen LogP contribution in [0.25, 0.3) is 0 Å². The number of unbranched alkanes of at least 4 members (excludes halogenated alkanes) is 3. The van der Waals surface area contributed by atoms with Crippen LogP contribution in [-0.2, 0) is 21.2 Å². The Bertz CT molecular complexity index is 663. The van der Waals surface area contributed by atoms with Crippen molar-refractivity contribution in [3.63, 3.8) is 0 Å². The third kappa shape index (κ3) is 7.26. The van der Waals surface area contributed by atoms with Gasteiger partial charge in [-0.25, -0.2) is 8.42 Å². The van der Waals surface area contributed by atoms with E-state index in [2.05, 4.69) is 12.2 Å². The van der Waals surface area contributed by atoms with Crippen LogP contribution in [0.3, 0.4) is 0 Å². The first kappa shape index (κ1) is 21.9. The van der Waals surface area contributed by atoms with Gasteiger partial charge in [-0.15, -0.1) is 0 Å². The van der Waals surface area contributed by atoms with Gasteiger partial charge >= 0.3 is 0 Å². The van der Waals surface area contributed by atoms with Crippen LogP contribution in [0.15, 0.2) is 29.2 Å². The van der Waals surface area contributed by atoms with Gasteiger partial charge in [0.2, 0.25) is 15.9 Å². The van der Waals surface area contributed by atoms with Gasteiger partial charge in [0.05, 0.1) is 4.90 Å². The maximum Gasteiger partial charge on any atom is 0.243 e. The summed E-state index contributed by atoms with van der Waals surface area (Å²) in [7, 11) is -3.40. The summed E-state index contributed by atoms with van der Waals surface area (Å²) in [6.07, 6.45) is 9.73. The lowest BCUT2D eigenvalue weighted by atomic mass is 10.1. The minimum Gasteiger partial charge on any atom is -0.356 e. The molecule has 152 valence electrons. The fraction of sp³-hybridized carbons (Fsp3) is 0.667. The highest BCUT2D eigenvalue weighted by atomic mass is 32.2. The number of carbonyl (C=O) groups is 1. The number of nitrogens with zero attached hydrogens (tertiary/aromatic N) is 1. The molecule has 1 amide bonds. The van der Waals surface area contributed by atoms with E-state index in [0.29, 0.717) is 30.8 Å². The molecule has 5 nitrogen and oxygen atoms in total. The minimum atomic E-state index is -3.40. The maximum absolute atomic E-state index is 12.8. The topological polar surface area (TPSA) is 66.5 Å². The molecule has 2 rings (SSSR count). The minimum absolute atomic E-state index is 0.0627. The summed E-state index contributed by atoms with van der Waals surface area (Å²) in [5.74, 6) is 0.0627. The Labute approximate surface area is 164 Å². The van der Waals surface area contributed by atoms with Crippen molar-refractivity contribution in [1.82, 2.24) is 9.62 Å². The average molecular weight is 395 g/mol. The smallest absolute Gasteiger partial charge is 0.243 e. The molecule has 0 saturated carbocycles. The van der Waals surface area contributed by atoms with Crippen LogP contribution in [0.1, 0.15) is 70.3 Å². The van der Waals surface area contributed by atoms with E-state index < -0.39 is 10.0 Å². The number of carbonyl (C=O) groups excluding carboxylic acids is 1. The number of benzene rings is 1. The predicted octanol–water partition coefficient (Wildman–Crippen LogP) is 3.88. The van der Waals surface area contributed by atoms with Gasteiger partial charge in [-0.2, -0.15) is 4.31 Å². The van der Waals surface area contributed by atoms with Crippen LogP contribution in [0, 0.1) is 0 Å². The van der Waals surface area contributed by atoms with E-state index >= 15 is 0 Å². The second-order valence-corrected chi connectivity index (χ2v) is 9.31. The Hall–Kier alpha value is -1.40. The SMILES string of the molecule is CCCCCCNC(=O)CCc1ccc(S(=O)(=O)N2CCCCCC2)cc1. The zero-order valence-corrected chi connectivity index (χ0v) is 17.4. The van der Waals surface area contributed by atoms with Gasteiger partial charge in [0.15, 0.2) is 0 Å². The molecule has 0 aromatic heterocycles. The molecular weight excluding hydrogens is 360 g/mol. The van der Waals surface area contributed by atoms with Crippen molar-refractivity contribution < 1.29 is 13.2 Å². The second-order valence-electron chi connectivity index (χ2n) is 7.37. The predicted molar refractivity (Wildman–Crippen MR) is 109 cm³/mol. The van der Waals surface area contributed by atoms with Gasteiger partial charge in [0.1, 0.15) is 0 Å². The first-order valence-corrected chi connectivity index (χ1v) is 11.8. The first-order chi connectivity index (χ1) is 13.0. The summed E-state index contributed by atoms with van der Waals surface area (Å²) in [4.78, 5) is 12.3. The third-order valence-electron chi connectivity index (χ3n) is 5.12. The molecule has 1 fully saturated rings. The van der Waals surface area contributed by atoms with Crippen molar-refractivity contribution >= 4 is 15.9 Å². The molecule has 27 heavy (non-hydrogen) atoms. The highest BCUT2D eigenvalue weighted by Gasteiger charge is 2.24. The molecule has 1 aliphatic heterocycles. The summed E-state index contributed by atoms with van der Waals surface area (Å²) >= 11 is 0. The summed E-state index contributed by atoms with van der Waals surface area (Å²) < 4.78 is 27.2. The molecule has 1 aliphatic rings. The van der Waals surface area contributed by atoms with Crippen molar-refractivity contribution in [2.45, 2.75) is 76.0 Å². The van der Waals surface area contributed by atoms with Gasteiger partial charge in [-0.1, -0.05) is 51.2 Å². The Kier molecular flexibility index (Phi) is 9.28. The molecule has 0 atom stereocenters. The molecule has 0 spiro atoms. The van der Waals surface area contributed by atoms with E-state index in [-0.39, 0.29) is 5.91 Å². The van der Waals surface area contributed by atoms with E-state index in [1.807, 2.05) is 12.1 Å². The average Bonchev–Trinajstić information content (AvgIpc) is 2.96. The zero-order valence-electron chi connectivity index (χ0n) is 16.6. The van der Waals surface area contributed by atoms with Crippen molar-refractivity contribution in [2.75, 3.05) is 19.6 Å². The van der Waals surface area contributed by atoms with Gasteiger partial charge in [-0.3, -0.25) is 4.79 Å². The standard InChI is InChI=1S/C21H34N2O3S/c1-2-3-4-7-16-22-21(24)15-12-19-10-13-20(14-11-19)27(25,26)23-17-8-5-6-9-18-23/h10-11,13-14H,2-9,12,15-18H2,1H3,(H,22,24). The van der Waals surface area contributed by atoms with Gasteiger partial charge < -0.3 is 5.32 Å². The first-order valence-electron chi connectivity index (χ1n) is 10.4. The lowest BCUT2D eigenvalue weighted by Gasteiger charge is -2.20. The second kappa shape index (κ2) is 11.4. The largest absolute Gasteiger partial charge is 0.356 e. The number of aryl methyl sites for hydroxylation is 1. The van der Waals surface area contributed by atoms with Crippen molar-refractivity contribution in [3.05, 3.63) is 29.8 Å². The van der Waals surface area contributed by atoms with Gasteiger partial charge in [0.25, 0.3) is 0 Å². The number of amides is 1. The Balaban J connectivity index is 1.81. The summed E-state index contributed by atoms with van der Waals surface area (Å²) in [5, 5.41) is 2.95. The number of hydrogen-bond donors (Lipinski definition) is 1. The van der Waals surface area contributed by atoms with Crippen LogP contribution in [0.5, 0.6) is 0 Å². The Morgan fingerprint density at radius 2 is 1.67 bits per heavy atom. The molecule has 1 saturated heterocycles. The van der Waals surface area contributed by atoms with Crippen molar-refractivity contribution in [2.24, 2.45) is 0 Å². The summed E-state index contributed by atoms with van der Waals surface area (Å²) in [6.45, 7) is 4.14. The molecule has 1 aromatic carbocycles. The Morgan fingerprint density at radius 3 is 2.30 bits per heavy atom. The lowest BCUT2D eigenvalue weighted by molar-refractivity contribution is -0.121. The van der Waals surface area contributed by atoms with Crippen LogP contribution in [0.2, 0.25) is 0 Å². The number of rotatable bonds is 10. The zero-order chi connectivity index (χ0) is 19.5. The van der Waals surface area contributed by atoms with E-state index in [1.54, 1.807) is 16.4 Å².